The number of hydrogen-bond donors (Lipinski definition) is 1. The molecule has 2 aromatic carbocycles. The molecule has 1 N–H and O–H groups in total. The first kappa shape index (κ1) is 20.1. The zero-order valence-corrected chi connectivity index (χ0v) is 16.6. The van der Waals surface area contributed by atoms with Crippen molar-refractivity contribution in [2.45, 2.75) is 45.6 Å². The molecule has 0 bridgehead atoms. The lowest BCUT2D eigenvalue weighted by molar-refractivity contribution is -0.129. The van der Waals surface area contributed by atoms with Crippen LogP contribution in [0.1, 0.15) is 44.6 Å². The predicted molar refractivity (Wildman–Crippen MR) is 113 cm³/mol. The van der Waals surface area contributed by atoms with Crippen molar-refractivity contribution >= 4 is 17.5 Å². The number of anilines is 1. The molecule has 1 aliphatic rings. The number of carbonyl (C=O) groups is 2. The Morgan fingerprint density at radius 3 is 2.07 bits per heavy atom. The van der Waals surface area contributed by atoms with Crippen LogP contribution < -0.4 is 10.2 Å². The molecule has 0 atom stereocenters. The number of carbonyl (C=O) groups excluding carboxylic acids is 2. The third-order valence-electron chi connectivity index (χ3n) is 5.51. The topological polar surface area (TPSA) is 49.4 Å². The molecule has 2 aromatic rings. The summed E-state index contributed by atoms with van der Waals surface area (Å²) in [7, 11) is 0. The molecule has 148 valence electrons. The fourth-order valence-electron chi connectivity index (χ4n) is 3.89. The lowest BCUT2D eigenvalue weighted by atomic mass is 9.80. The van der Waals surface area contributed by atoms with Gasteiger partial charge in [-0.3, -0.25) is 9.59 Å². The maximum atomic E-state index is 13.4. The summed E-state index contributed by atoms with van der Waals surface area (Å²) in [5, 5.41) is 2.99. The molecule has 1 aliphatic carbocycles. The number of nitrogens with zero attached hydrogens (tertiary/aromatic N) is 1. The molecule has 1 fully saturated rings. The molecule has 3 rings (SSSR count). The highest BCUT2D eigenvalue weighted by molar-refractivity contribution is 5.95. The van der Waals surface area contributed by atoms with Crippen LogP contribution in [0, 0.1) is 11.8 Å². The van der Waals surface area contributed by atoms with Crippen LogP contribution in [0.25, 0.3) is 0 Å². The molecule has 28 heavy (non-hydrogen) atoms. The monoisotopic (exact) mass is 378 g/mol. The molecule has 4 nitrogen and oxygen atoms in total. The van der Waals surface area contributed by atoms with Gasteiger partial charge in [0.2, 0.25) is 11.8 Å². The van der Waals surface area contributed by atoms with Crippen molar-refractivity contribution in [3.8, 4) is 0 Å². The van der Waals surface area contributed by atoms with Gasteiger partial charge in [-0.1, -0.05) is 55.5 Å². The van der Waals surface area contributed by atoms with Gasteiger partial charge in [-0.25, -0.2) is 0 Å². The fraction of sp³-hybridized carbons (Fsp3) is 0.417. The number of rotatable bonds is 7. The smallest absolute Gasteiger partial charge is 0.230 e. The Labute approximate surface area is 167 Å². The Morgan fingerprint density at radius 1 is 0.893 bits per heavy atom. The second-order valence-corrected chi connectivity index (χ2v) is 7.59. The molecule has 0 spiro atoms. The van der Waals surface area contributed by atoms with Crippen LogP contribution in [-0.2, 0) is 16.1 Å². The third-order valence-corrected chi connectivity index (χ3v) is 5.51. The van der Waals surface area contributed by atoms with Gasteiger partial charge in [-0.15, -0.1) is 0 Å². The van der Waals surface area contributed by atoms with E-state index in [0.717, 1.165) is 49.9 Å². The van der Waals surface area contributed by atoms with E-state index in [2.05, 4.69) is 24.4 Å². The predicted octanol–water partition coefficient (Wildman–Crippen LogP) is 4.55. The summed E-state index contributed by atoms with van der Waals surface area (Å²) in [6.45, 7) is 3.36. The third kappa shape index (κ3) is 5.22. The number of para-hydroxylation sites is 1. The van der Waals surface area contributed by atoms with Crippen molar-refractivity contribution < 1.29 is 9.59 Å². The van der Waals surface area contributed by atoms with Gasteiger partial charge in [0.25, 0.3) is 0 Å². The first-order chi connectivity index (χ1) is 13.7. The van der Waals surface area contributed by atoms with Crippen LogP contribution >= 0.6 is 0 Å². The van der Waals surface area contributed by atoms with E-state index in [1.54, 1.807) is 0 Å². The molecule has 0 unspecified atom stereocenters. The molecule has 0 radical (unpaired) electrons. The van der Waals surface area contributed by atoms with Gasteiger partial charge in [-0.05, 0) is 49.8 Å². The SMILES string of the molecule is CCCNC(=O)C1CCC(C(=O)N(Cc2ccccc2)c2ccccc2)CC1. The highest BCUT2D eigenvalue weighted by Gasteiger charge is 2.32. The summed E-state index contributed by atoms with van der Waals surface area (Å²) >= 11 is 0. The van der Waals surface area contributed by atoms with E-state index in [1.165, 1.54) is 0 Å². The van der Waals surface area contributed by atoms with E-state index in [1.807, 2.05) is 53.4 Å². The molecule has 0 heterocycles. The Morgan fingerprint density at radius 2 is 1.46 bits per heavy atom. The molecule has 0 aliphatic heterocycles. The van der Waals surface area contributed by atoms with E-state index in [-0.39, 0.29) is 23.7 Å². The van der Waals surface area contributed by atoms with E-state index in [4.69, 9.17) is 0 Å². The van der Waals surface area contributed by atoms with Crippen LogP contribution in [0.5, 0.6) is 0 Å². The maximum Gasteiger partial charge on any atom is 0.230 e. The fourth-order valence-corrected chi connectivity index (χ4v) is 3.89. The van der Waals surface area contributed by atoms with E-state index >= 15 is 0 Å². The minimum absolute atomic E-state index is 0.0147. The normalized spacial score (nSPS) is 19.0. The van der Waals surface area contributed by atoms with Gasteiger partial charge in [0.05, 0.1) is 6.54 Å². The van der Waals surface area contributed by atoms with Gasteiger partial charge >= 0.3 is 0 Å². The highest BCUT2D eigenvalue weighted by atomic mass is 16.2. The summed E-state index contributed by atoms with van der Waals surface area (Å²) in [4.78, 5) is 27.5. The minimum atomic E-state index is -0.0147. The van der Waals surface area contributed by atoms with E-state index in [9.17, 15) is 9.59 Å². The van der Waals surface area contributed by atoms with E-state index in [0.29, 0.717) is 6.54 Å². The Hall–Kier alpha value is -2.62. The van der Waals surface area contributed by atoms with Crippen molar-refractivity contribution in [3.63, 3.8) is 0 Å². The summed E-state index contributed by atoms with van der Waals surface area (Å²) in [5.74, 6) is 0.355. The van der Waals surface area contributed by atoms with Gasteiger partial charge in [0.15, 0.2) is 0 Å². The van der Waals surface area contributed by atoms with Crippen molar-refractivity contribution in [2.75, 3.05) is 11.4 Å². The van der Waals surface area contributed by atoms with Crippen molar-refractivity contribution in [3.05, 3.63) is 66.2 Å². The largest absolute Gasteiger partial charge is 0.356 e. The standard InChI is InChI=1S/C24H30N2O2/c1-2-17-25-23(27)20-13-15-21(16-14-20)24(28)26(22-11-7-4-8-12-22)18-19-9-5-3-6-10-19/h3-12,20-21H,2,13-18H2,1H3,(H,25,27). The van der Waals surface area contributed by atoms with Crippen LogP contribution in [-0.4, -0.2) is 18.4 Å². The molecular weight excluding hydrogens is 348 g/mol. The van der Waals surface area contributed by atoms with Crippen LogP contribution in [0.4, 0.5) is 5.69 Å². The van der Waals surface area contributed by atoms with Crippen LogP contribution in [0.15, 0.2) is 60.7 Å². The Balaban J connectivity index is 1.67. The second-order valence-electron chi connectivity index (χ2n) is 7.59. The van der Waals surface area contributed by atoms with Gasteiger partial charge < -0.3 is 10.2 Å². The van der Waals surface area contributed by atoms with Crippen LogP contribution in [0.2, 0.25) is 0 Å². The zero-order chi connectivity index (χ0) is 19.8. The Kier molecular flexibility index (Phi) is 7.24. The highest BCUT2D eigenvalue weighted by Crippen LogP contribution is 2.32. The summed E-state index contributed by atoms with van der Waals surface area (Å²) < 4.78 is 0. The van der Waals surface area contributed by atoms with Crippen molar-refractivity contribution in [1.29, 1.82) is 0 Å². The first-order valence-electron chi connectivity index (χ1n) is 10.4. The number of amides is 2. The maximum absolute atomic E-state index is 13.4. The van der Waals surface area contributed by atoms with E-state index < -0.39 is 0 Å². The molecular formula is C24H30N2O2. The summed E-state index contributed by atoms with van der Waals surface area (Å²) in [6.07, 6.45) is 4.09. The zero-order valence-electron chi connectivity index (χ0n) is 16.6. The number of benzene rings is 2. The lowest BCUT2D eigenvalue weighted by Gasteiger charge is -2.32. The molecule has 2 amide bonds. The summed E-state index contributed by atoms with van der Waals surface area (Å²) in [5.41, 5.74) is 2.05. The first-order valence-corrected chi connectivity index (χ1v) is 10.4. The second kappa shape index (κ2) is 10.1. The quantitative estimate of drug-likeness (QED) is 0.768. The van der Waals surface area contributed by atoms with Gasteiger partial charge in [0, 0.05) is 24.1 Å². The minimum Gasteiger partial charge on any atom is -0.356 e. The average Bonchev–Trinajstić information content (AvgIpc) is 2.77. The molecule has 4 heteroatoms. The van der Waals surface area contributed by atoms with Crippen LogP contribution in [0.3, 0.4) is 0 Å². The van der Waals surface area contributed by atoms with Crippen molar-refractivity contribution in [1.82, 2.24) is 5.32 Å². The van der Waals surface area contributed by atoms with Gasteiger partial charge in [0.1, 0.15) is 0 Å². The lowest BCUT2D eigenvalue weighted by Crippen LogP contribution is -2.40. The molecule has 1 saturated carbocycles. The average molecular weight is 379 g/mol. The molecule has 0 aromatic heterocycles. The molecule has 0 saturated heterocycles. The van der Waals surface area contributed by atoms with Crippen molar-refractivity contribution in [2.24, 2.45) is 11.8 Å². The van der Waals surface area contributed by atoms with Gasteiger partial charge in [-0.2, -0.15) is 0 Å². The number of nitrogens with one attached hydrogen (secondary N) is 1. The number of hydrogen-bond acceptors (Lipinski definition) is 2. The Bertz CT molecular complexity index is 753. The summed E-state index contributed by atoms with van der Waals surface area (Å²) in [6, 6.07) is 20.0.